The van der Waals surface area contributed by atoms with Gasteiger partial charge in [-0.1, -0.05) is 31.2 Å². The van der Waals surface area contributed by atoms with Gasteiger partial charge in [0, 0.05) is 35.8 Å². The highest BCUT2D eigenvalue weighted by molar-refractivity contribution is 5.87. The molecule has 4 aliphatic rings. The number of H-pyrrole nitrogens is 1. The second-order valence-electron chi connectivity index (χ2n) is 11.2. The van der Waals surface area contributed by atoms with Crippen molar-refractivity contribution in [3.8, 4) is 0 Å². The molecule has 0 radical (unpaired) electrons. The Morgan fingerprint density at radius 1 is 1.15 bits per heavy atom. The lowest BCUT2D eigenvalue weighted by Gasteiger charge is -2.49. The van der Waals surface area contributed by atoms with Crippen LogP contribution in [0.5, 0.6) is 0 Å². The Kier molecular flexibility index (Phi) is 4.60. The molecule has 1 aromatic heterocycles. The Morgan fingerprint density at radius 2 is 2.00 bits per heavy atom. The Morgan fingerprint density at radius 3 is 2.85 bits per heavy atom. The summed E-state index contributed by atoms with van der Waals surface area (Å²) in [4.78, 5) is 15.1. The monoisotopic (exact) mass is 449 g/mol. The van der Waals surface area contributed by atoms with E-state index in [-0.39, 0.29) is 35.7 Å². The second kappa shape index (κ2) is 7.13. The number of aromatic nitrogens is 1. The minimum atomic E-state index is -1.42. The fourth-order valence-corrected chi connectivity index (χ4v) is 7.63. The number of allylic oxidation sites excluding steroid dienone is 3. The quantitative estimate of drug-likeness (QED) is 0.533. The van der Waals surface area contributed by atoms with E-state index in [0.29, 0.717) is 31.1 Å². The minimum Gasteiger partial charge on any atom is -0.393 e. The normalized spacial score (nSPS) is 40.3. The molecule has 4 nitrogen and oxygen atoms in total. The number of hydrogen-bond acceptors (Lipinski definition) is 3. The first kappa shape index (κ1) is 21.3. The van der Waals surface area contributed by atoms with Crippen LogP contribution in [0.1, 0.15) is 63.9 Å². The lowest BCUT2D eigenvalue weighted by molar-refractivity contribution is -0.0359. The number of hydrogen-bond donors (Lipinski definition) is 3. The van der Waals surface area contributed by atoms with Crippen LogP contribution in [-0.2, 0) is 0 Å². The molecule has 0 bridgehead atoms. The fourth-order valence-electron chi connectivity index (χ4n) is 7.63. The Balaban J connectivity index is 1.38. The molecule has 0 saturated heterocycles. The van der Waals surface area contributed by atoms with Crippen LogP contribution < -0.4 is 5.56 Å². The molecule has 2 aromatic rings. The standard InChI is InChI=1S/C28H32FNO3/c1-26-11-8-20-15-27(29)16-21(31)5-4-19(27)9-12-28(20,33)24(26)7-6-23(26)18-3-2-17-10-13-30-25(32)22(17)14-18/h2-3,6,8,10,13-14,19,21,24,31,33H,4-5,7,9,11-12,15-16H2,1H3,(H,30,32)/t19?,21?,24?,26?,27?,28-/m1/s1. The predicted octanol–water partition coefficient (Wildman–Crippen LogP) is 5.05. The van der Waals surface area contributed by atoms with Crippen molar-refractivity contribution in [2.45, 2.75) is 75.7 Å². The highest BCUT2D eigenvalue weighted by atomic mass is 19.1. The molecule has 1 aromatic carbocycles. The topological polar surface area (TPSA) is 73.3 Å². The molecule has 2 saturated carbocycles. The number of pyridine rings is 1. The summed E-state index contributed by atoms with van der Waals surface area (Å²) < 4.78 is 16.1. The first-order chi connectivity index (χ1) is 15.7. The molecule has 0 amide bonds. The maximum absolute atomic E-state index is 16.1. The van der Waals surface area contributed by atoms with Crippen LogP contribution in [0.4, 0.5) is 4.39 Å². The number of alkyl halides is 1. The van der Waals surface area contributed by atoms with Crippen LogP contribution in [0.3, 0.4) is 0 Å². The van der Waals surface area contributed by atoms with E-state index in [4.69, 9.17) is 0 Å². The largest absolute Gasteiger partial charge is 0.393 e. The number of halogens is 1. The molecule has 4 aliphatic carbocycles. The van der Waals surface area contributed by atoms with Crippen molar-refractivity contribution >= 4 is 16.3 Å². The first-order valence-electron chi connectivity index (χ1n) is 12.3. The van der Waals surface area contributed by atoms with E-state index in [9.17, 15) is 15.0 Å². The molecule has 3 N–H and O–H groups in total. The van der Waals surface area contributed by atoms with Crippen LogP contribution in [0.25, 0.3) is 16.3 Å². The molecule has 6 rings (SSSR count). The van der Waals surface area contributed by atoms with Crippen LogP contribution in [0.15, 0.2) is 53.0 Å². The van der Waals surface area contributed by atoms with Crippen molar-refractivity contribution in [2.75, 3.05) is 0 Å². The van der Waals surface area contributed by atoms with Gasteiger partial charge >= 0.3 is 0 Å². The smallest absolute Gasteiger partial charge is 0.255 e. The molecular weight excluding hydrogens is 417 g/mol. The van der Waals surface area contributed by atoms with Gasteiger partial charge in [-0.05, 0) is 78.7 Å². The van der Waals surface area contributed by atoms with E-state index in [1.807, 2.05) is 18.2 Å². The van der Waals surface area contributed by atoms with Crippen molar-refractivity contribution in [1.82, 2.24) is 4.98 Å². The van der Waals surface area contributed by atoms with E-state index in [0.717, 1.165) is 29.4 Å². The maximum atomic E-state index is 16.1. The summed E-state index contributed by atoms with van der Waals surface area (Å²) in [6.07, 6.45) is 9.89. The molecule has 5 unspecified atom stereocenters. The summed E-state index contributed by atoms with van der Waals surface area (Å²) in [7, 11) is 0. The molecule has 1 heterocycles. The number of aliphatic hydroxyl groups is 2. The average molecular weight is 450 g/mol. The summed E-state index contributed by atoms with van der Waals surface area (Å²) in [5.74, 6) is -0.109. The number of fused-ring (bicyclic) bond motifs is 5. The number of nitrogens with one attached hydrogen (secondary N) is 1. The van der Waals surface area contributed by atoms with Gasteiger partial charge in [-0.3, -0.25) is 4.79 Å². The zero-order valence-electron chi connectivity index (χ0n) is 19.1. The van der Waals surface area contributed by atoms with Crippen molar-refractivity contribution in [2.24, 2.45) is 17.3 Å². The summed E-state index contributed by atoms with van der Waals surface area (Å²) in [5.41, 5.74) is 0.225. The Hall–Kier alpha value is -2.24. The van der Waals surface area contributed by atoms with Gasteiger partial charge in [0.2, 0.25) is 0 Å². The SMILES string of the molecule is CC12CC=C3CC4(F)CC(O)CCC4CC[C@]3(O)C1CC=C2c1ccc2cc[nH]c(=O)c2c1. The lowest BCUT2D eigenvalue weighted by Crippen LogP contribution is -2.49. The number of aromatic amines is 1. The Labute approximate surface area is 193 Å². The third kappa shape index (κ3) is 3.05. The number of aliphatic hydroxyl groups excluding tert-OH is 1. The first-order valence-corrected chi connectivity index (χ1v) is 12.3. The second-order valence-corrected chi connectivity index (χ2v) is 11.2. The van der Waals surface area contributed by atoms with Crippen LogP contribution in [0.2, 0.25) is 0 Å². The van der Waals surface area contributed by atoms with Crippen LogP contribution in [-0.4, -0.2) is 32.6 Å². The average Bonchev–Trinajstić information content (AvgIpc) is 3.08. The predicted molar refractivity (Wildman–Crippen MR) is 127 cm³/mol. The highest BCUT2D eigenvalue weighted by Crippen LogP contribution is 2.63. The zero-order valence-corrected chi connectivity index (χ0v) is 19.1. The molecule has 33 heavy (non-hydrogen) atoms. The minimum absolute atomic E-state index is 0.0153. The summed E-state index contributed by atoms with van der Waals surface area (Å²) in [5, 5.41) is 23.9. The van der Waals surface area contributed by atoms with Gasteiger partial charge in [0.1, 0.15) is 5.67 Å². The summed E-state index contributed by atoms with van der Waals surface area (Å²) in [6, 6.07) is 7.94. The molecule has 0 aliphatic heterocycles. The molecule has 174 valence electrons. The van der Waals surface area contributed by atoms with Gasteiger partial charge in [-0.25, -0.2) is 4.39 Å². The van der Waals surface area contributed by atoms with E-state index >= 15 is 4.39 Å². The number of benzene rings is 1. The van der Waals surface area contributed by atoms with E-state index < -0.39 is 17.4 Å². The maximum Gasteiger partial charge on any atom is 0.255 e. The van der Waals surface area contributed by atoms with Crippen LogP contribution in [0, 0.1) is 17.3 Å². The van der Waals surface area contributed by atoms with Gasteiger partial charge in [-0.15, -0.1) is 0 Å². The van der Waals surface area contributed by atoms with E-state index in [2.05, 4.69) is 30.1 Å². The molecular formula is C28H32FNO3. The van der Waals surface area contributed by atoms with Gasteiger partial charge in [0.25, 0.3) is 5.56 Å². The van der Waals surface area contributed by atoms with Crippen LogP contribution >= 0.6 is 0 Å². The van der Waals surface area contributed by atoms with Crippen molar-refractivity contribution in [3.63, 3.8) is 0 Å². The Bertz CT molecular complexity index is 1250. The van der Waals surface area contributed by atoms with Crippen molar-refractivity contribution < 1.29 is 14.6 Å². The third-order valence-electron chi connectivity index (χ3n) is 9.45. The summed E-state index contributed by atoms with van der Waals surface area (Å²) >= 11 is 0. The van der Waals surface area contributed by atoms with Gasteiger partial charge < -0.3 is 15.2 Å². The van der Waals surface area contributed by atoms with Gasteiger partial charge in [0.05, 0.1) is 11.7 Å². The van der Waals surface area contributed by atoms with E-state index in [1.165, 1.54) is 5.57 Å². The van der Waals surface area contributed by atoms with Gasteiger partial charge in [-0.2, -0.15) is 0 Å². The van der Waals surface area contributed by atoms with Crippen molar-refractivity contribution in [1.29, 1.82) is 0 Å². The van der Waals surface area contributed by atoms with E-state index in [1.54, 1.807) is 6.20 Å². The lowest BCUT2D eigenvalue weighted by atomic mass is 9.58. The number of rotatable bonds is 1. The third-order valence-corrected chi connectivity index (χ3v) is 9.45. The fraction of sp³-hybridized carbons (Fsp3) is 0.536. The van der Waals surface area contributed by atoms with Crippen molar-refractivity contribution in [3.05, 3.63) is 64.1 Å². The molecule has 6 atom stereocenters. The molecule has 5 heteroatoms. The highest BCUT2D eigenvalue weighted by Gasteiger charge is 2.59. The zero-order chi connectivity index (χ0) is 23.0. The summed E-state index contributed by atoms with van der Waals surface area (Å²) in [6.45, 7) is 2.22. The molecule has 2 fully saturated rings. The molecule has 0 spiro atoms. The van der Waals surface area contributed by atoms with Gasteiger partial charge in [0.15, 0.2) is 0 Å².